The number of nitrogens with zero attached hydrogens (tertiary/aromatic N) is 5. The fourth-order valence-corrected chi connectivity index (χ4v) is 3.39. The van der Waals surface area contributed by atoms with Crippen molar-refractivity contribution >= 4 is 17.6 Å². The number of aromatic amines is 1. The molecule has 0 radical (unpaired) electrons. The molecule has 0 bridgehead atoms. The third-order valence-electron chi connectivity index (χ3n) is 5.11. The van der Waals surface area contributed by atoms with Crippen molar-refractivity contribution in [1.82, 2.24) is 30.2 Å². The van der Waals surface area contributed by atoms with E-state index < -0.39 is 0 Å². The number of likely N-dealkylation sites (tertiary alicyclic amines) is 1. The Kier molecular flexibility index (Phi) is 3.09. The van der Waals surface area contributed by atoms with Gasteiger partial charge in [0, 0.05) is 44.0 Å². The fourth-order valence-electron chi connectivity index (χ4n) is 3.39. The van der Waals surface area contributed by atoms with Crippen LogP contribution in [0.4, 0.5) is 10.5 Å². The van der Waals surface area contributed by atoms with Gasteiger partial charge in [0.05, 0.1) is 17.9 Å². The minimum Gasteiger partial charge on any atom is -0.336 e. The Balaban J connectivity index is 1.22. The smallest absolute Gasteiger partial charge is 0.322 e. The van der Waals surface area contributed by atoms with Gasteiger partial charge in [-0.05, 0) is 18.9 Å². The standard InChI is InChI=1S/C16H19N7O2/c24-15(14-5-13(19-20-14)10-1-2-10)21-7-12(8-21)23-9-11(6-18-23)22-4-3-17-16(22)25/h5-6,9-10,12H,1-4,7-8H2,(H,17,25)(H,19,20). The predicted molar refractivity (Wildman–Crippen MR) is 88.5 cm³/mol. The Morgan fingerprint density at radius 1 is 1.28 bits per heavy atom. The Hall–Kier alpha value is -2.84. The molecule has 2 saturated heterocycles. The average Bonchev–Trinajstić information content (AvgIpc) is 2.99. The van der Waals surface area contributed by atoms with E-state index in [1.54, 1.807) is 16.0 Å². The number of urea groups is 1. The molecule has 9 nitrogen and oxygen atoms in total. The Morgan fingerprint density at radius 2 is 2.12 bits per heavy atom. The highest BCUT2D eigenvalue weighted by Gasteiger charge is 2.35. The van der Waals surface area contributed by atoms with E-state index in [-0.39, 0.29) is 18.0 Å². The quantitative estimate of drug-likeness (QED) is 0.855. The molecule has 0 unspecified atom stereocenters. The summed E-state index contributed by atoms with van der Waals surface area (Å²) in [7, 11) is 0. The summed E-state index contributed by atoms with van der Waals surface area (Å²) in [5.74, 6) is 0.522. The van der Waals surface area contributed by atoms with Crippen LogP contribution in [0.25, 0.3) is 0 Å². The Labute approximate surface area is 144 Å². The number of amides is 3. The molecule has 1 aliphatic carbocycles. The molecular weight excluding hydrogens is 322 g/mol. The number of carbonyl (C=O) groups excluding carboxylic acids is 2. The van der Waals surface area contributed by atoms with Gasteiger partial charge in [0.15, 0.2) is 0 Å². The molecule has 2 aliphatic heterocycles. The van der Waals surface area contributed by atoms with E-state index in [9.17, 15) is 9.59 Å². The maximum absolute atomic E-state index is 12.5. The first-order valence-electron chi connectivity index (χ1n) is 8.63. The van der Waals surface area contributed by atoms with Gasteiger partial charge in [-0.1, -0.05) is 0 Å². The summed E-state index contributed by atoms with van der Waals surface area (Å²) >= 11 is 0. The molecule has 25 heavy (non-hydrogen) atoms. The van der Waals surface area contributed by atoms with Crippen LogP contribution in [0.2, 0.25) is 0 Å². The fraction of sp³-hybridized carbons (Fsp3) is 0.500. The summed E-state index contributed by atoms with van der Waals surface area (Å²) < 4.78 is 1.84. The van der Waals surface area contributed by atoms with Crippen molar-refractivity contribution in [1.29, 1.82) is 0 Å². The summed E-state index contributed by atoms with van der Waals surface area (Å²) in [6.45, 7) is 2.53. The van der Waals surface area contributed by atoms with Crippen molar-refractivity contribution < 1.29 is 9.59 Å². The van der Waals surface area contributed by atoms with Crippen molar-refractivity contribution in [3.63, 3.8) is 0 Å². The maximum atomic E-state index is 12.5. The minimum absolute atomic E-state index is 0.0364. The largest absolute Gasteiger partial charge is 0.336 e. The molecule has 2 N–H and O–H groups in total. The van der Waals surface area contributed by atoms with Gasteiger partial charge in [0.1, 0.15) is 5.69 Å². The van der Waals surface area contributed by atoms with E-state index in [1.807, 2.05) is 16.9 Å². The molecule has 0 spiro atoms. The van der Waals surface area contributed by atoms with Crippen LogP contribution in [-0.4, -0.2) is 63.0 Å². The Morgan fingerprint density at radius 3 is 2.84 bits per heavy atom. The third-order valence-corrected chi connectivity index (χ3v) is 5.11. The molecule has 5 rings (SSSR count). The second-order valence-electron chi connectivity index (χ2n) is 6.91. The van der Waals surface area contributed by atoms with E-state index in [0.717, 1.165) is 11.4 Å². The topological polar surface area (TPSA) is 99.1 Å². The first-order valence-corrected chi connectivity index (χ1v) is 8.63. The predicted octanol–water partition coefficient (Wildman–Crippen LogP) is 0.710. The second-order valence-corrected chi connectivity index (χ2v) is 6.91. The van der Waals surface area contributed by atoms with Crippen LogP contribution in [0.3, 0.4) is 0 Å². The monoisotopic (exact) mass is 341 g/mol. The lowest BCUT2D eigenvalue weighted by Gasteiger charge is -2.38. The van der Waals surface area contributed by atoms with Crippen LogP contribution in [0.5, 0.6) is 0 Å². The number of nitrogens with one attached hydrogen (secondary N) is 2. The highest BCUT2D eigenvalue weighted by Crippen LogP contribution is 2.39. The van der Waals surface area contributed by atoms with Crippen LogP contribution in [-0.2, 0) is 0 Å². The van der Waals surface area contributed by atoms with Crippen molar-refractivity contribution in [3.8, 4) is 0 Å². The van der Waals surface area contributed by atoms with Gasteiger partial charge in [0.25, 0.3) is 5.91 Å². The van der Waals surface area contributed by atoms with E-state index >= 15 is 0 Å². The minimum atomic E-state index is -0.0880. The first-order chi connectivity index (χ1) is 12.2. The van der Waals surface area contributed by atoms with Gasteiger partial charge < -0.3 is 10.2 Å². The lowest BCUT2D eigenvalue weighted by molar-refractivity contribution is 0.0495. The van der Waals surface area contributed by atoms with E-state index in [4.69, 9.17) is 0 Å². The molecule has 9 heteroatoms. The normalized spacial score (nSPS) is 20.7. The van der Waals surface area contributed by atoms with Crippen LogP contribution in [0, 0.1) is 0 Å². The molecule has 3 fully saturated rings. The number of aromatic nitrogens is 4. The van der Waals surface area contributed by atoms with Crippen LogP contribution in [0.1, 0.15) is 41.0 Å². The number of carbonyl (C=O) groups is 2. The molecule has 0 atom stereocenters. The zero-order valence-corrected chi connectivity index (χ0v) is 13.7. The lowest BCUT2D eigenvalue weighted by Crippen LogP contribution is -2.51. The van der Waals surface area contributed by atoms with Crippen LogP contribution in [0.15, 0.2) is 18.5 Å². The summed E-state index contributed by atoms with van der Waals surface area (Å²) in [5.41, 5.74) is 2.36. The van der Waals surface area contributed by atoms with E-state index in [2.05, 4.69) is 20.6 Å². The zero-order valence-electron chi connectivity index (χ0n) is 13.7. The summed E-state index contributed by atoms with van der Waals surface area (Å²) in [6, 6.07) is 1.94. The molecule has 2 aromatic heterocycles. The van der Waals surface area contributed by atoms with Gasteiger partial charge in [-0.25, -0.2) is 4.79 Å². The van der Waals surface area contributed by atoms with E-state index in [0.29, 0.717) is 37.8 Å². The van der Waals surface area contributed by atoms with Crippen LogP contribution >= 0.6 is 0 Å². The molecule has 3 aliphatic rings. The summed E-state index contributed by atoms with van der Waals surface area (Å²) in [5, 5.41) is 14.3. The van der Waals surface area contributed by atoms with E-state index in [1.165, 1.54) is 12.8 Å². The molecule has 1 saturated carbocycles. The maximum Gasteiger partial charge on any atom is 0.322 e. The number of rotatable bonds is 4. The van der Waals surface area contributed by atoms with Crippen molar-refractivity contribution in [2.75, 3.05) is 31.1 Å². The first kappa shape index (κ1) is 14.5. The molecule has 2 aromatic rings. The molecular formula is C16H19N7O2. The molecule has 3 amide bonds. The van der Waals surface area contributed by atoms with Gasteiger partial charge >= 0.3 is 6.03 Å². The van der Waals surface area contributed by atoms with Crippen molar-refractivity contribution in [2.45, 2.75) is 24.8 Å². The summed E-state index contributed by atoms with van der Waals surface area (Å²) in [4.78, 5) is 27.6. The van der Waals surface area contributed by atoms with Crippen molar-refractivity contribution in [3.05, 3.63) is 29.8 Å². The third kappa shape index (κ3) is 2.46. The SMILES string of the molecule is O=C(c1cc(C2CC2)[nH]n1)N1CC(n2cc(N3CCNC3=O)cn2)C1. The number of H-pyrrole nitrogens is 1. The van der Waals surface area contributed by atoms with Gasteiger partial charge in [0.2, 0.25) is 0 Å². The second kappa shape index (κ2) is 5.33. The summed E-state index contributed by atoms with van der Waals surface area (Å²) in [6.07, 6.45) is 5.93. The molecule has 0 aromatic carbocycles. The molecule has 4 heterocycles. The van der Waals surface area contributed by atoms with Gasteiger partial charge in [-0.15, -0.1) is 0 Å². The highest BCUT2D eigenvalue weighted by molar-refractivity contribution is 5.94. The van der Waals surface area contributed by atoms with Crippen molar-refractivity contribution in [2.24, 2.45) is 0 Å². The number of hydrogen-bond acceptors (Lipinski definition) is 4. The lowest BCUT2D eigenvalue weighted by atomic mass is 10.1. The average molecular weight is 341 g/mol. The number of hydrogen-bond donors (Lipinski definition) is 2. The van der Waals surface area contributed by atoms with Gasteiger partial charge in [-0.3, -0.25) is 19.5 Å². The molecule has 130 valence electrons. The number of anilines is 1. The highest BCUT2D eigenvalue weighted by atomic mass is 16.2. The zero-order chi connectivity index (χ0) is 17.0. The van der Waals surface area contributed by atoms with Gasteiger partial charge in [-0.2, -0.15) is 10.2 Å². The van der Waals surface area contributed by atoms with Crippen LogP contribution < -0.4 is 10.2 Å². The Bertz CT molecular complexity index is 831.